The van der Waals surface area contributed by atoms with Crippen LogP contribution in [0.1, 0.15) is 58.8 Å². The van der Waals surface area contributed by atoms with Crippen molar-refractivity contribution in [2.24, 2.45) is 11.3 Å². The van der Waals surface area contributed by atoms with Gasteiger partial charge in [-0.05, 0) is 44.6 Å². The summed E-state index contributed by atoms with van der Waals surface area (Å²) in [6.07, 6.45) is 6.76. The van der Waals surface area contributed by atoms with Crippen LogP contribution in [0, 0.1) is 11.3 Å². The van der Waals surface area contributed by atoms with Crippen molar-refractivity contribution in [3.05, 3.63) is 0 Å². The average molecular weight is 282 g/mol. The highest BCUT2D eigenvalue weighted by Gasteiger charge is 2.39. The molecule has 3 atom stereocenters. The number of nitrogens with one attached hydrogen (secondary N) is 2. The molecule has 0 spiro atoms. The Bertz CT molecular complexity index is 339. The Morgan fingerprint density at radius 1 is 1.40 bits per heavy atom. The van der Waals surface area contributed by atoms with Crippen molar-refractivity contribution in [3.63, 3.8) is 0 Å². The Morgan fingerprint density at radius 2 is 2.20 bits per heavy atom. The molecule has 0 aromatic carbocycles. The fraction of sp³-hybridized carbons (Fsp3) is 0.938. The second kappa shape index (κ2) is 6.44. The molecule has 1 aliphatic carbocycles. The standard InChI is InChI=1S/C16H30N2O2/c1-3-15(7-5-9-17-11-15)14(19)18-12-16(20)8-4-6-13(2)10-16/h13,17,20H,3-12H2,1-2H3,(H,18,19). The molecule has 0 bridgehead atoms. The molecule has 1 heterocycles. The van der Waals surface area contributed by atoms with Gasteiger partial charge in [0, 0.05) is 13.1 Å². The van der Waals surface area contributed by atoms with Gasteiger partial charge >= 0.3 is 0 Å². The predicted molar refractivity (Wildman–Crippen MR) is 80.4 cm³/mol. The van der Waals surface area contributed by atoms with E-state index in [0.29, 0.717) is 12.5 Å². The number of piperidine rings is 1. The van der Waals surface area contributed by atoms with Gasteiger partial charge < -0.3 is 15.7 Å². The Kier molecular flexibility index (Phi) is 5.08. The average Bonchev–Trinajstić information content (AvgIpc) is 2.45. The number of hydrogen-bond donors (Lipinski definition) is 3. The van der Waals surface area contributed by atoms with Gasteiger partial charge in [0.05, 0.1) is 11.0 Å². The van der Waals surface area contributed by atoms with Crippen LogP contribution in [0.5, 0.6) is 0 Å². The molecule has 1 saturated heterocycles. The maximum atomic E-state index is 12.6. The van der Waals surface area contributed by atoms with Gasteiger partial charge in [0.15, 0.2) is 0 Å². The third kappa shape index (κ3) is 3.53. The van der Waals surface area contributed by atoms with E-state index in [2.05, 4.69) is 24.5 Å². The quantitative estimate of drug-likeness (QED) is 0.737. The Labute approximate surface area is 122 Å². The second-order valence-electron chi connectivity index (χ2n) is 7.02. The predicted octanol–water partition coefficient (Wildman–Crippen LogP) is 1.82. The highest BCUT2D eigenvalue weighted by Crippen LogP contribution is 2.33. The van der Waals surface area contributed by atoms with Gasteiger partial charge in [-0.1, -0.05) is 26.7 Å². The van der Waals surface area contributed by atoms with Crippen LogP contribution in [0.15, 0.2) is 0 Å². The maximum Gasteiger partial charge on any atom is 0.227 e. The van der Waals surface area contributed by atoms with Gasteiger partial charge in [0.25, 0.3) is 0 Å². The van der Waals surface area contributed by atoms with Crippen LogP contribution < -0.4 is 10.6 Å². The first-order chi connectivity index (χ1) is 9.50. The van der Waals surface area contributed by atoms with Crippen LogP contribution in [0.25, 0.3) is 0 Å². The summed E-state index contributed by atoms with van der Waals surface area (Å²) in [4.78, 5) is 12.6. The lowest BCUT2D eigenvalue weighted by Gasteiger charge is -2.39. The first-order valence-electron chi connectivity index (χ1n) is 8.21. The lowest BCUT2D eigenvalue weighted by molar-refractivity contribution is -0.134. The minimum absolute atomic E-state index is 0.124. The zero-order valence-corrected chi connectivity index (χ0v) is 13.0. The highest BCUT2D eigenvalue weighted by atomic mass is 16.3. The highest BCUT2D eigenvalue weighted by molar-refractivity contribution is 5.83. The third-order valence-corrected chi connectivity index (χ3v) is 5.28. The Balaban J connectivity index is 1.90. The second-order valence-corrected chi connectivity index (χ2v) is 7.02. The molecule has 1 aliphatic heterocycles. The summed E-state index contributed by atoms with van der Waals surface area (Å²) in [5.41, 5.74) is -0.959. The van der Waals surface area contributed by atoms with Crippen molar-refractivity contribution in [2.45, 2.75) is 64.4 Å². The smallest absolute Gasteiger partial charge is 0.227 e. The van der Waals surface area contributed by atoms with Crippen molar-refractivity contribution < 1.29 is 9.90 Å². The summed E-state index contributed by atoms with van der Waals surface area (Å²) in [7, 11) is 0. The molecule has 3 unspecified atom stereocenters. The summed E-state index contributed by atoms with van der Waals surface area (Å²) >= 11 is 0. The molecule has 2 fully saturated rings. The van der Waals surface area contributed by atoms with E-state index in [9.17, 15) is 9.90 Å². The Morgan fingerprint density at radius 3 is 2.80 bits per heavy atom. The molecule has 0 aromatic heterocycles. The molecule has 1 saturated carbocycles. The number of aliphatic hydroxyl groups is 1. The van der Waals surface area contributed by atoms with Crippen LogP contribution >= 0.6 is 0 Å². The van der Waals surface area contributed by atoms with Crippen LogP contribution in [0.4, 0.5) is 0 Å². The van der Waals surface area contributed by atoms with Crippen molar-refractivity contribution in [2.75, 3.05) is 19.6 Å². The van der Waals surface area contributed by atoms with Gasteiger partial charge in [-0.3, -0.25) is 4.79 Å². The SMILES string of the molecule is CCC1(C(=O)NCC2(O)CCCC(C)C2)CCCNC1. The number of carbonyl (C=O) groups is 1. The maximum absolute atomic E-state index is 12.6. The van der Waals surface area contributed by atoms with E-state index in [-0.39, 0.29) is 11.3 Å². The van der Waals surface area contributed by atoms with Crippen molar-refractivity contribution in [3.8, 4) is 0 Å². The van der Waals surface area contributed by atoms with Crippen molar-refractivity contribution >= 4 is 5.91 Å². The summed E-state index contributed by atoms with van der Waals surface area (Å²) < 4.78 is 0. The van der Waals surface area contributed by atoms with E-state index in [1.165, 1.54) is 6.42 Å². The van der Waals surface area contributed by atoms with E-state index in [4.69, 9.17) is 0 Å². The van der Waals surface area contributed by atoms with Crippen LogP contribution in [-0.4, -0.2) is 36.2 Å². The third-order valence-electron chi connectivity index (χ3n) is 5.28. The molecule has 0 aromatic rings. The van der Waals surface area contributed by atoms with Gasteiger partial charge in [-0.25, -0.2) is 0 Å². The number of carbonyl (C=O) groups excluding carboxylic acids is 1. The zero-order valence-electron chi connectivity index (χ0n) is 13.0. The van der Waals surface area contributed by atoms with Gasteiger partial charge in [-0.15, -0.1) is 0 Å². The topological polar surface area (TPSA) is 61.4 Å². The summed E-state index contributed by atoms with van der Waals surface area (Å²) in [6, 6.07) is 0. The van der Waals surface area contributed by atoms with E-state index in [1.807, 2.05) is 0 Å². The minimum atomic E-state index is -0.690. The fourth-order valence-electron chi connectivity index (χ4n) is 3.85. The van der Waals surface area contributed by atoms with E-state index >= 15 is 0 Å². The van der Waals surface area contributed by atoms with Crippen molar-refractivity contribution in [1.29, 1.82) is 0 Å². The van der Waals surface area contributed by atoms with Crippen LogP contribution in [0.3, 0.4) is 0 Å². The summed E-state index contributed by atoms with van der Waals surface area (Å²) in [5, 5.41) is 17.0. The largest absolute Gasteiger partial charge is 0.388 e. The Hall–Kier alpha value is -0.610. The van der Waals surface area contributed by atoms with Crippen molar-refractivity contribution in [1.82, 2.24) is 10.6 Å². The molecule has 1 amide bonds. The summed E-state index contributed by atoms with van der Waals surface area (Å²) in [6.45, 7) is 6.47. The molecular weight excluding hydrogens is 252 g/mol. The zero-order chi connectivity index (χ0) is 14.6. The molecular formula is C16H30N2O2. The fourth-order valence-corrected chi connectivity index (χ4v) is 3.85. The number of amides is 1. The van der Waals surface area contributed by atoms with E-state index in [0.717, 1.165) is 51.6 Å². The molecule has 116 valence electrons. The van der Waals surface area contributed by atoms with Crippen LogP contribution in [0.2, 0.25) is 0 Å². The molecule has 0 radical (unpaired) electrons. The van der Waals surface area contributed by atoms with E-state index < -0.39 is 5.60 Å². The molecule has 4 nitrogen and oxygen atoms in total. The lowest BCUT2D eigenvalue weighted by atomic mass is 9.76. The number of rotatable bonds is 4. The molecule has 20 heavy (non-hydrogen) atoms. The monoisotopic (exact) mass is 282 g/mol. The van der Waals surface area contributed by atoms with Crippen LogP contribution in [-0.2, 0) is 4.79 Å². The van der Waals surface area contributed by atoms with Gasteiger partial charge in [0.1, 0.15) is 0 Å². The lowest BCUT2D eigenvalue weighted by Crippen LogP contribution is -2.54. The molecule has 2 rings (SSSR count). The molecule has 2 aliphatic rings. The minimum Gasteiger partial charge on any atom is -0.388 e. The number of hydrogen-bond acceptors (Lipinski definition) is 3. The van der Waals surface area contributed by atoms with Gasteiger partial charge in [0.2, 0.25) is 5.91 Å². The normalized spacial score (nSPS) is 38.5. The first-order valence-corrected chi connectivity index (χ1v) is 8.21. The summed E-state index contributed by atoms with van der Waals surface area (Å²) in [5.74, 6) is 0.681. The molecule has 3 N–H and O–H groups in total. The van der Waals surface area contributed by atoms with E-state index in [1.54, 1.807) is 0 Å². The first kappa shape index (κ1) is 15.8. The molecule has 4 heteroatoms. The van der Waals surface area contributed by atoms with Gasteiger partial charge in [-0.2, -0.15) is 0 Å².